The molecule has 0 saturated carbocycles. The van der Waals surface area contributed by atoms with Gasteiger partial charge in [0.15, 0.2) is 0 Å². The summed E-state index contributed by atoms with van der Waals surface area (Å²) in [5.41, 5.74) is 4.80. The van der Waals surface area contributed by atoms with Gasteiger partial charge in [0, 0.05) is 31.5 Å². The Labute approximate surface area is 143 Å². The Balaban J connectivity index is 1.52. The summed E-state index contributed by atoms with van der Waals surface area (Å²) in [5.74, 6) is 0.451. The van der Waals surface area contributed by atoms with E-state index in [1.807, 2.05) is 40.8 Å². The highest BCUT2D eigenvalue weighted by molar-refractivity contribution is 5.31. The summed E-state index contributed by atoms with van der Waals surface area (Å²) in [6, 6.07) is 10.2. The molecule has 0 radical (unpaired) electrons. The summed E-state index contributed by atoms with van der Waals surface area (Å²) in [6.45, 7) is 6.15. The first-order valence-corrected chi connectivity index (χ1v) is 8.45. The van der Waals surface area contributed by atoms with E-state index in [4.69, 9.17) is 0 Å². The van der Waals surface area contributed by atoms with Gasteiger partial charge in [0.2, 0.25) is 0 Å². The number of aryl methyl sites for hydroxylation is 1. The second-order valence-electron chi connectivity index (χ2n) is 6.42. The van der Waals surface area contributed by atoms with Crippen molar-refractivity contribution in [3.63, 3.8) is 0 Å². The highest BCUT2D eigenvalue weighted by Gasteiger charge is 2.10. The number of benzene rings is 1. The molecule has 0 aliphatic rings. The van der Waals surface area contributed by atoms with E-state index in [1.165, 1.54) is 16.8 Å². The maximum Gasteiger partial charge on any atom is 0.0694 e. The molecule has 0 aliphatic carbocycles. The van der Waals surface area contributed by atoms with Gasteiger partial charge in [0.1, 0.15) is 0 Å². The summed E-state index contributed by atoms with van der Waals surface area (Å²) in [6.07, 6.45) is 7.11. The number of para-hydroxylation sites is 1. The van der Waals surface area contributed by atoms with Crippen molar-refractivity contribution < 1.29 is 0 Å². The lowest BCUT2D eigenvalue weighted by atomic mass is 10.1. The van der Waals surface area contributed by atoms with Crippen molar-refractivity contribution in [2.75, 3.05) is 6.54 Å². The van der Waals surface area contributed by atoms with Gasteiger partial charge in [-0.25, -0.2) is 4.68 Å². The lowest BCUT2D eigenvalue weighted by Gasteiger charge is -2.06. The van der Waals surface area contributed by atoms with Crippen molar-refractivity contribution in [1.82, 2.24) is 24.9 Å². The van der Waals surface area contributed by atoms with E-state index in [0.29, 0.717) is 5.92 Å². The minimum absolute atomic E-state index is 0.451. The largest absolute Gasteiger partial charge is 0.312 e. The highest BCUT2D eigenvalue weighted by Crippen LogP contribution is 2.17. The second kappa shape index (κ2) is 7.45. The molecule has 3 rings (SSSR count). The van der Waals surface area contributed by atoms with Gasteiger partial charge < -0.3 is 5.32 Å². The zero-order valence-corrected chi connectivity index (χ0v) is 14.6. The van der Waals surface area contributed by atoms with Crippen LogP contribution in [0.15, 0.2) is 48.9 Å². The van der Waals surface area contributed by atoms with E-state index in [-0.39, 0.29) is 0 Å². The van der Waals surface area contributed by atoms with Crippen molar-refractivity contribution in [2.24, 2.45) is 7.05 Å². The molecule has 0 fully saturated rings. The number of nitrogens with one attached hydrogen (secondary N) is 1. The lowest BCUT2D eigenvalue weighted by Crippen LogP contribution is -2.17. The minimum atomic E-state index is 0.451. The molecule has 2 aromatic heterocycles. The molecular weight excluding hydrogens is 298 g/mol. The molecule has 0 amide bonds. The third-order valence-corrected chi connectivity index (χ3v) is 4.05. The SMILES string of the molecule is CC(C)c1nn(C)cc1CNCCc1cnn(-c2ccccc2)c1. The standard InChI is InChI=1S/C19H25N5/c1-15(2)19-17(14-23(3)22-19)12-20-10-9-16-11-21-24(13-16)18-7-5-4-6-8-18/h4-8,11,13-15,20H,9-10,12H2,1-3H3. The smallest absolute Gasteiger partial charge is 0.0694 e. The first-order valence-electron chi connectivity index (χ1n) is 8.45. The van der Waals surface area contributed by atoms with Crippen molar-refractivity contribution in [1.29, 1.82) is 0 Å². The molecule has 24 heavy (non-hydrogen) atoms. The monoisotopic (exact) mass is 323 g/mol. The number of rotatable bonds is 7. The van der Waals surface area contributed by atoms with E-state index in [1.54, 1.807) is 0 Å². The molecule has 3 aromatic rings. The van der Waals surface area contributed by atoms with E-state index in [9.17, 15) is 0 Å². The molecule has 0 bridgehead atoms. The van der Waals surface area contributed by atoms with Crippen LogP contribution >= 0.6 is 0 Å². The van der Waals surface area contributed by atoms with E-state index < -0.39 is 0 Å². The van der Waals surface area contributed by atoms with Crippen molar-refractivity contribution >= 4 is 0 Å². The topological polar surface area (TPSA) is 47.7 Å². The Morgan fingerprint density at radius 1 is 1.12 bits per heavy atom. The average Bonchev–Trinajstić information content (AvgIpc) is 3.19. The minimum Gasteiger partial charge on any atom is -0.312 e. The van der Waals surface area contributed by atoms with Crippen LogP contribution in [0.1, 0.15) is 36.6 Å². The molecule has 0 unspecified atom stereocenters. The van der Waals surface area contributed by atoms with Crippen LogP contribution in [0, 0.1) is 0 Å². The Kier molecular flexibility index (Phi) is 5.11. The third kappa shape index (κ3) is 3.92. The predicted octanol–water partition coefficient (Wildman–Crippen LogP) is 3.06. The summed E-state index contributed by atoms with van der Waals surface area (Å²) in [4.78, 5) is 0. The number of hydrogen-bond donors (Lipinski definition) is 1. The lowest BCUT2D eigenvalue weighted by molar-refractivity contribution is 0.674. The van der Waals surface area contributed by atoms with Gasteiger partial charge in [0.05, 0.1) is 17.6 Å². The van der Waals surface area contributed by atoms with Gasteiger partial charge in [-0.15, -0.1) is 0 Å². The maximum absolute atomic E-state index is 4.55. The van der Waals surface area contributed by atoms with Crippen LogP contribution in [0.5, 0.6) is 0 Å². The van der Waals surface area contributed by atoms with Crippen LogP contribution in [0.3, 0.4) is 0 Å². The fourth-order valence-electron chi connectivity index (χ4n) is 2.84. The van der Waals surface area contributed by atoms with Crippen LogP contribution in [-0.4, -0.2) is 26.1 Å². The van der Waals surface area contributed by atoms with Crippen LogP contribution in [0.4, 0.5) is 0 Å². The summed E-state index contributed by atoms with van der Waals surface area (Å²) < 4.78 is 3.82. The second-order valence-corrected chi connectivity index (χ2v) is 6.42. The highest BCUT2D eigenvalue weighted by atomic mass is 15.3. The average molecular weight is 323 g/mol. The number of aromatic nitrogens is 4. The summed E-state index contributed by atoms with van der Waals surface area (Å²) >= 11 is 0. The fourth-order valence-corrected chi connectivity index (χ4v) is 2.84. The van der Waals surface area contributed by atoms with E-state index >= 15 is 0 Å². The van der Waals surface area contributed by atoms with Crippen LogP contribution in [0.2, 0.25) is 0 Å². The molecule has 1 N–H and O–H groups in total. The summed E-state index contributed by atoms with van der Waals surface area (Å²) in [5, 5.41) is 12.5. The Bertz CT molecular complexity index is 770. The number of hydrogen-bond acceptors (Lipinski definition) is 3. The quantitative estimate of drug-likeness (QED) is 0.680. The van der Waals surface area contributed by atoms with Crippen molar-refractivity contribution in [2.45, 2.75) is 32.7 Å². The summed E-state index contributed by atoms with van der Waals surface area (Å²) in [7, 11) is 1.98. The van der Waals surface area contributed by atoms with Crippen LogP contribution in [0.25, 0.3) is 5.69 Å². The molecular formula is C19H25N5. The molecule has 2 heterocycles. The van der Waals surface area contributed by atoms with Gasteiger partial charge in [0.25, 0.3) is 0 Å². The Hall–Kier alpha value is -2.40. The van der Waals surface area contributed by atoms with Gasteiger partial charge in [-0.2, -0.15) is 10.2 Å². The fraction of sp³-hybridized carbons (Fsp3) is 0.368. The molecule has 5 heteroatoms. The van der Waals surface area contributed by atoms with Gasteiger partial charge >= 0.3 is 0 Å². The molecule has 0 spiro atoms. The molecule has 5 nitrogen and oxygen atoms in total. The van der Waals surface area contributed by atoms with Gasteiger partial charge in [-0.3, -0.25) is 4.68 Å². The maximum atomic E-state index is 4.55. The zero-order chi connectivity index (χ0) is 16.9. The molecule has 0 atom stereocenters. The Morgan fingerprint density at radius 2 is 1.92 bits per heavy atom. The first kappa shape index (κ1) is 16.5. The van der Waals surface area contributed by atoms with Crippen LogP contribution in [-0.2, 0) is 20.0 Å². The number of nitrogens with zero attached hydrogens (tertiary/aromatic N) is 4. The first-order chi connectivity index (χ1) is 11.6. The van der Waals surface area contributed by atoms with Crippen molar-refractivity contribution in [3.8, 4) is 5.69 Å². The normalized spacial score (nSPS) is 11.3. The van der Waals surface area contributed by atoms with E-state index in [0.717, 1.165) is 25.2 Å². The van der Waals surface area contributed by atoms with Crippen molar-refractivity contribution in [3.05, 3.63) is 65.7 Å². The molecule has 0 aliphatic heterocycles. The van der Waals surface area contributed by atoms with Gasteiger partial charge in [-0.05, 0) is 36.6 Å². The van der Waals surface area contributed by atoms with E-state index in [2.05, 4.69) is 53.9 Å². The predicted molar refractivity (Wildman–Crippen MR) is 96.3 cm³/mol. The zero-order valence-electron chi connectivity index (χ0n) is 14.6. The molecule has 0 saturated heterocycles. The molecule has 126 valence electrons. The third-order valence-electron chi connectivity index (χ3n) is 4.05. The Morgan fingerprint density at radius 3 is 2.67 bits per heavy atom. The van der Waals surface area contributed by atoms with Crippen LogP contribution < -0.4 is 5.32 Å². The molecule has 1 aromatic carbocycles. The van der Waals surface area contributed by atoms with Gasteiger partial charge in [-0.1, -0.05) is 32.0 Å².